The molecule has 0 saturated carbocycles. The number of benzene rings is 5. The number of imide groups is 1. The lowest BCUT2D eigenvalue weighted by Gasteiger charge is -2.13. The first-order chi connectivity index (χ1) is 20.0. The number of halogens is 1. The summed E-state index contributed by atoms with van der Waals surface area (Å²) in [6.07, 6.45) is 1.63. The number of para-hydroxylation sites is 1. The smallest absolute Gasteiger partial charge is 0.343 e. The number of ether oxygens (including phenoxy) is 2. The maximum Gasteiger partial charge on any atom is 0.343 e. The van der Waals surface area contributed by atoms with Crippen LogP contribution in [-0.2, 0) is 9.59 Å². The van der Waals surface area contributed by atoms with Crippen LogP contribution in [0.25, 0.3) is 16.8 Å². The van der Waals surface area contributed by atoms with Crippen molar-refractivity contribution in [2.24, 2.45) is 0 Å². The summed E-state index contributed by atoms with van der Waals surface area (Å²) in [5, 5.41) is 2.27. The Kier molecular flexibility index (Phi) is 7.06. The molecular formula is C34H22ClNO5. The van der Waals surface area contributed by atoms with E-state index in [1.807, 2.05) is 48.5 Å². The maximum absolute atomic E-state index is 13.1. The van der Waals surface area contributed by atoms with Gasteiger partial charge in [-0.25, -0.2) is 9.69 Å². The van der Waals surface area contributed by atoms with Crippen LogP contribution in [-0.4, -0.2) is 17.8 Å². The molecule has 0 N–H and O–H groups in total. The number of hydrogen-bond donors (Lipinski definition) is 0. The third-order valence-electron chi connectivity index (χ3n) is 6.65. The molecule has 0 unspecified atom stereocenters. The Bertz CT molecular complexity index is 1840. The van der Waals surface area contributed by atoms with Gasteiger partial charge in [-0.3, -0.25) is 9.59 Å². The van der Waals surface area contributed by atoms with Gasteiger partial charge in [-0.1, -0.05) is 72.3 Å². The van der Waals surface area contributed by atoms with Crippen molar-refractivity contribution in [3.8, 4) is 17.2 Å². The highest BCUT2D eigenvalue weighted by molar-refractivity contribution is 6.32. The van der Waals surface area contributed by atoms with Gasteiger partial charge < -0.3 is 9.47 Å². The van der Waals surface area contributed by atoms with Crippen LogP contribution >= 0.6 is 11.6 Å². The molecule has 1 aliphatic rings. The Balaban J connectivity index is 1.19. The number of amides is 2. The molecule has 0 atom stereocenters. The molecule has 6 nitrogen and oxygen atoms in total. The predicted molar refractivity (Wildman–Crippen MR) is 158 cm³/mol. The van der Waals surface area contributed by atoms with E-state index in [-0.39, 0.29) is 12.3 Å². The van der Waals surface area contributed by atoms with E-state index in [4.69, 9.17) is 21.1 Å². The number of anilines is 1. The van der Waals surface area contributed by atoms with E-state index in [1.54, 1.807) is 72.8 Å². The fourth-order valence-corrected chi connectivity index (χ4v) is 4.86. The molecule has 5 aromatic rings. The molecule has 0 aliphatic carbocycles. The maximum atomic E-state index is 13.1. The molecule has 200 valence electrons. The van der Waals surface area contributed by atoms with Gasteiger partial charge in [-0.15, -0.1) is 0 Å². The minimum absolute atomic E-state index is 0.0345. The highest BCUT2D eigenvalue weighted by atomic mass is 35.5. The van der Waals surface area contributed by atoms with Crippen molar-refractivity contribution in [3.05, 3.63) is 137 Å². The highest BCUT2D eigenvalue weighted by Crippen LogP contribution is 2.33. The van der Waals surface area contributed by atoms with Gasteiger partial charge in [0.1, 0.15) is 17.2 Å². The molecule has 41 heavy (non-hydrogen) atoms. The van der Waals surface area contributed by atoms with Gasteiger partial charge in [0.05, 0.1) is 17.7 Å². The van der Waals surface area contributed by atoms with Gasteiger partial charge >= 0.3 is 5.97 Å². The minimum Gasteiger partial charge on any atom is -0.457 e. The molecular weight excluding hydrogens is 538 g/mol. The lowest BCUT2D eigenvalue weighted by molar-refractivity contribution is -0.120. The second-order valence-electron chi connectivity index (χ2n) is 9.39. The third-order valence-corrected chi connectivity index (χ3v) is 6.89. The van der Waals surface area contributed by atoms with Gasteiger partial charge in [0.15, 0.2) is 0 Å². The van der Waals surface area contributed by atoms with E-state index < -0.39 is 11.9 Å². The average Bonchev–Trinajstić information content (AvgIpc) is 3.26. The zero-order chi connectivity index (χ0) is 28.3. The van der Waals surface area contributed by atoms with Crippen molar-refractivity contribution in [3.63, 3.8) is 0 Å². The zero-order valence-corrected chi connectivity index (χ0v) is 22.4. The van der Waals surface area contributed by atoms with Crippen LogP contribution in [0.2, 0.25) is 5.02 Å². The molecule has 1 aliphatic heterocycles. The number of hydrogen-bond acceptors (Lipinski definition) is 5. The van der Waals surface area contributed by atoms with Crippen molar-refractivity contribution < 1.29 is 23.9 Å². The summed E-state index contributed by atoms with van der Waals surface area (Å²) in [5.41, 5.74) is 1.78. The summed E-state index contributed by atoms with van der Waals surface area (Å²) in [7, 11) is 0. The average molecular weight is 560 g/mol. The zero-order valence-electron chi connectivity index (χ0n) is 21.6. The van der Waals surface area contributed by atoms with Crippen LogP contribution in [0.15, 0.2) is 121 Å². The highest BCUT2D eigenvalue weighted by Gasteiger charge is 2.35. The molecule has 6 rings (SSSR count). The summed E-state index contributed by atoms with van der Waals surface area (Å²) in [5.74, 6) is 0.268. The summed E-state index contributed by atoms with van der Waals surface area (Å²) >= 11 is 6.06. The van der Waals surface area contributed by atoms with Gasteiger partial charge in [0.2, 0.25) is 5.91 Å². The third kappa shape index (κ3) is 5.46. The second kappa shape index (κ2) is 11.1. The summed E-state index contributed by atoms with van der Waals surface area (Å²) in [6.45, 7) is 0. The van der Waals surface area contributed by atoms with E-state index >= 15 is 0 Å². The fourth-order valence-electron chi connectivity index (χ4n) is 4.67. The van der Waals surface area contributed by atoms with Gasteiger partial charge in [-0.05, 0) is 66.1 Å². The van der Waals surface area contributed by atoms with Gasteiger partial charge in [0, 0.05) is 21.5 Å². The first-order valence-corrected chi connectivity index (χ1v) is 13.2. The molecule has 0 spiro atoms. The largest absolute Gasteiger partial charge is 0.457 e. The molecule has 0 bridgehead atoms. The molecule has 1 saturated heterocycles. The molecule has 7 heteroatoms. The Labute approximate surface area is 241 Å². The number of carbonyl (C=O) groups excluding carboxylic acids is 3. The quantitative estimate of drug-likeness (QED) is 0.0916. The Morgan fingerprint density at radius 2 is 1.49 bits per heavy atom. The van der Waals surface area contributed by atoms with E-state index in [2.05, 4.69) is 0 Å². The van der Waals surface area contributed by atoms with Crippen molar-refractivity contribution in [2.45, 2.75) is 6.42 Å². The van der Waals surface area contributed by atoms with E-state index in [1.165, 1.54) is 0 Å². The van der Waals surface area contributed by atoms with Gasteiger partial charge in [-0.2, -0.15) is 0 Å². The summed E-state index contributed by atoms with van der Waals surface area (Å²) in [4.78, 5) is 39.8. The van der Waals surface area contributed by atoms with Crippen LogP contribution in [0.4, 0.5) is 5.69 Å². The molecule has 2 amide bonds. The van der Waals surface area contributed by atoms with E-state index in [0.717, 1.165) is 15.7 Å². The predicted octanol–water partition coefficient (Wildman–Crippen LogP) is 7.85. The van der Waals surface area contributed by atoms with E-state index in [0.29, 0.717) is 44.7 Å². The lowest BCUT2D eigenvalue weighted by Crippen LogP contribution is -2.28. The van der Waals surface area contributed by atoms with Crippen LogP contribution < -0.4 is 14.4 Å². The minimum atomic E-state index is -0.480. The normalized spacial score (nSPS) is 14.1. The standard InChI is InChI=1S/C34H22ClNO5/c35-26-10-6-11-27(21-26)36-32(37)20-25(33(36)38)19-24-8-2-4-13-30(24)40-28-17-15-23(16-18-28)34(39)41-31-14-5-9-22-7-1-3-12-29(22)31/h1-19,21H,20H2/b25-19-. The second-order valence-corrected chi connectivity index (χ2v) is 9.83. The number of rotatable bonds is 6. The summed E-state index contributed by atoms with van der Waals surface area (Å²) in [6, 6.07) is 33.7. The van der Waals surface area contributed by atoms with Crippen LogP contribution in [0.3, 0.4) is 0 Å². The molecule has 5 aromatic carbocycles. The van der Waals surface area contributed by atoms with Crippen molar-refractivity contribution >= 4 is 51.9 Å². The topological polar surface area (TPSA) is 72.9 Å². The van der Waals surface area contributed by atoms with Crippen LogP contribution in [0, 0.1) is 0 Å². The number of fused-ring (bicyclic) bond motifs is 1. The molecule has 1 heterocycles. The Morgan fingerprint density at radius 1 is 0.780 bits per heavy atom. The number of carbonyl (C=O) groups is 3. The van der Waals surface area contributed by atoms with Crippen molar-refractivity contribution in [2.75, 3.05) is 4.90 Å². The monoisotopic (exact) mass is 559 g/mol. The SMILES string of the molecule is O=C(Oc1cccc2ccccc12)c1ccc(Oc2ccccc2/C=C2/CC(=O)N(c3cccc(Cl)c3)C2=O)cc1. The fraction of sp³-hybridized carbons (Fsp3) is 0.0294. The van der Waals surface area contributed by atoms with Gasteiger partial charge in [0.25, 0.3) is 5.91 Å². The van der Waals surface area contributed by atoms with Crippen molar-refractivity contribution in [1.82, 2.24) is 0 Å². The first-order valence-electron chi connectivity index (χ1n) is 12.9. The number of nitrogens with zero attached hydrogens (tertiary/aromatic N) is 1. The molecule has 0 aromatic heterocycles. The van der Waals surface area contributed by atoms with Crippen LogP contribution in [0.5, 0.6) is 17.2 Å². The molecule has 1 fully saturated rings. The molecule has 0 radical (unpaired) electrons. The lowest BCUT2D eigenvalue weighted by atomic mass is 10.1. The van der Waals surface area contributed by atoms with Crippen molar-refractivity contribution in [1.29, 1.82) is 0 Å². The Hall–Kier alpha value is -5.20. The van der Waals surface area contributed by atoms with Crippen LogP contribution in [0.1, 0.15) is 22.3 Å². The summed E-state index contributed by atoms with van der Waals surface area (Å²) < 4.78 is 11.8. The number of esters is 1. The van der Waals surface area contributed by atoms with E-state index in [9.17, 15) is 14.4 Å². The Morgan fingerprint density at radius 3 is 2.32 bits per heavy atom. The first kappa shape index (κ1) is 26.0.